The number of imidazole rings is 1. The van der Waals surface area contributed by atoms with Crippen molar-refractivity contribution < 1.29 is 0 Å². The number of aryl methyl sites for hydroxylation is 1. The van der Waals surface area contributed by atoms with Gasteiger partial charge in [-0.1, -0.05) is 0 Å². The Morgan fingerprint density at radius 3 is 2.80 bits per heavy atom. The van der Waals surface area contributed by atoms with Crippen LogP contribution < -0.4 is 0 Å². The SMILES string of the molecule is Cn1cnc(-c2cc3n[nH]nc3cn2)c1. The molecule has 3 aromatic rings. The van der Waals surface area contributed by atoms with Gasteiger partial charge in [0.25, 0.3) is 0 Å². The smallest absolute Gasteiger partial charge is 0.131 e. The summed E-state index contributed by atoms with van der Waals surface area (Å²) in [5.74, 6) is 0. The van der Waals surface area contributed by atoms with Crippen molar-refractivity contribution >= 4 is 11.0 Å². The fourth-order valence-electron chi connectivity index (χ4n) is 1.43. The molecule has 0 saturated carbocycles. The molecule has 0 amide bonds. The van der Waals surface area contributed by atoms with Gasteiger partial charge in [0.15, 0.2) is 0 Å². The van der Waals surface area contributed by atoms with Crippen LogP contribution in [0.5, 0.6) is 0 Å². The third kappa shape index (κ3) is 1.26. The van der Waals surface area contributed by atoms with E-state index in [1.165, 1.54) is 0 Å². The summed E-state index contributed by atoms with van der Waals surface area (Å²) in [6.07, 6.45) is 5.33. The Hall–Kier alpha value is -2.24. The number of H-pyrrole nitrogens is 1. The molecule has 0 radical (unpaired) electrons. The molecule has 0 aromatic carbocycles. The van der Waals surface area contributed by atoms with Gasteiger partial charge in [-0.05, 0) is 6.07 Å². The minimum absolute atomic E-state index is 0.759. The molecule has 0 saturated heterocycles. The number of aromatic amines is 1. The molecular weight excluding hydrogens is 192 g/mol. The van der Waals surface area contributed by atoms with Gasteiger partial charge in [0.2, 0.25) is 0 Å². The topological polar surface area (TPSA) is 72.3 Å². The first kappa shape index (κ1) is 8.10. The minimum Gasteiger partial charge on any atom is -0.340 e. The number of rotatable bonds is 1. The molecular formula is C9H8N6. The van der Waals surface area contributed by atoms with Crippen LogP contribution in [0.1, 0.15) is 0 Å². The Labute approximate surface area is 85.0 Å². The molecule has 6 heteroatoms. The summed E-state index contributed by atoms with van der Waals surface area (Å²) in [4.78, 5) is 8.48. The highest BCUT2D eigenvalue weighted by Crippen LogP contribution is 2.17. The molecule has 0 unspecified atom stereocenters. The van der Waals surface area contributed by atoms with E-state index in [0.717, 1.165) is 22.4 Å². The molecule has 0 spiro atoms. The third-order valence-corrected chi connectivity index (χ3v) is 2.17. The van der Waals surface area contributed by atoms with Gasteiger partial charge in [0, 0.05) is 13.2 Å². The standard InChI is InChI=1S/C9H8N6/c1-15-4-9(11-5-15)6-2-7-8(3-10-6)13-14-12-7/h2-5H,1H3,(H,12,13,14). The zero-order valence-corrected chi connectivity index (χ0v) is 8.05. The van der Waals surface area contributed by atoms with E-state index in [1.54, 1.807) is 12.5 Å². The van der Waals surface area contributed by atoms with Crippen molar-refractivity contribution in [3.63, 3.8) is 0 Å². The lowest BCUT2D eigenvalue weighted by Gasteiger charge is -1.93. The molecule has 0 aliphatic rings. The number of aromatic nitrogens is 6. The number of fused-ring (bicyclic) bond motifs is 1. The summed E-state index contributed by atoms with van der Waals surface area (Å²) in [6, 6.07) is 1.86. The van der Waals surface area contributed by atoms with Gasteiger partial charge in [-0.2, -0.15) is 15.4 Å². The lowest BCUT2D eigenvalue weighted by Crippen LogP contribution is -1.83. The maximum absolute atomic E-state index is 4.26. The molecule has 74 valence electrons. The van der Waals surface area contributed by atoms with E-state index >= 15 is 0 Å². The van der Waals surface area contributed by atoms with Gasteiger partial charge >= 0.3 is 0 Å². The van der Waals surface area contributed by atoms with Gasteiger partial charge in [-0.25, -0.2) is 4.98 Å². The van der Waals surface area contributed by atoms with Crippen LogP contribution in [0.4, 0.5) is 0 Å². The third-order valence-electron chi connectivity index (χ3n) is 2.17. The second-order valence-corrected chi connectivity index (χ2v) is 3.31. The van der Waals surface area contributed by atoms with Crippen LogP contribution in [-0.4, -0.2) is 29.9 Å². The normalized spacial score (nSPS) is 11.0. The van der Waals surface area contributed by atoms with Gasteiger partial charge < -0.3 is 4.57 Å². The summed E-state index contributed by atoms with van der Waals surface area (Å²) >= 11 is 0. The number of nitrogens with zero attached hydrogens (tertiary/aromatic N) is 5. The monoisotopic (exact) mass is 200 g/mol. The molecule has 15 heavy (non-hydrogen) atoms. The van der Waals surface area contributed by atoms with Crippen molar-refractivity contribution in [1.29, 1.82) is 0 Å². The fraction of sp³-hybridized carbons (Fsp3) is 0.111. The lowest BCUT2D eigenvalue weighted by molar-refractivity contribution is 0.913. The summed E-state index contributed by atoms with van der Waals surface area (Å²) in [5, 5.41) is 10.5. The summed E-state index contributed by atoms with van der Waals surface area (Å²) in [6.45, 7) is 0. The predicted octanol–water partition coefficient (Wildman–Crippen LogP) is 0.753. The Bertz CT molecular complexity index is 608. The van der Waals surface area contributed by atoms with Crippen LogP contribution >= 0.6 is 0 Å². The number of hydrogen-bond donors (Lipinski definition) is 1. The first-order chi connectivity index (χ1) is 7.33. The zero-order chi connectivity index (χ0) is 10.3. The lowest BCUT2D eigenvalue weighted by atomic mass is 10.3. The van der Waals surface area contributed by atoms with Crippen molar-refractivity contribution in [2.75, 3.05) is 0 Å². The molecule has 3 rings (SSSR count). The van der Waals surface area contributed by atoms with Crippen molar-refractivity contribution in [3.05, 3.63) is 24.8 Å². The zero-order valence-electron chi connectivity index (χ0n) is 8.05. The summed E-state index contributed by atoms with van der Waals surface area (Å²) in [5.41, 5.74) is 3.19. The van der Waals surface area contributed by atoms with E-state index in [4.69, 9.17) is 0 Å². The van der Waals surface area contributed by atoms with Crippen LogP contribution in [0, 0.1) is 0 Å². The molecule has 1 N–H and O–H groups in total. The number of hydrogen-bond acceptors (Lipinski definition) is 4. The molecule has 0 atom stereocenters. The molecule has 3 aromatic heterocycles. The molecule has 0 aliphatic heterocycles. The van der Waals surface area contributed by atoms with E-state index in [2.05, 4.69) is 25.4 Å². The van der Waals surface area contributed by atoms with Crippen LogP contribution in [0.15, 0.2) is 24.8 Å². The van der Waals surface area contributed by atoms with Gasteiger partial charge in [0.1, 0.15) is 16.7 Å². The van der Waals surface area contributed by atoms with Crippen molar-refractivity contribution in [1.82, 2.24) is 29.9 Å². The average molecular weight is 200 g/mol. The Morgan fingerprint density at radius 1 is 1.13 bits per heavy atom. The highest BCUT2D eigenvalue weighted by Gasteiger charge is 2.05. The predicted molar refractivity (Wildman–Crippen MR) is 53.9 cm³/mol. The number of nitrogens with one attached hydrogen (secondary N) is 1. The van der Waals surface area contributed by atoms with Gasteiger partial charge in [0.05, 0.1) is 18.2 Å². The second-order valence-electron chi connectivity index (χ2n) is 3.31. The largest absolute Gasteiger partial charge is 0.340 e. The van der Waals surface area contributed by atoms with E-state index in [0.29, 0.717) is 0 Å². The Balaban J connectivity index is 2.18. The van der Waals surface area contributed by atoms with Crippen molar-refractivity contribution in [2.45, 2.75) is 0 Å². The average Bonchev–Trinajstić information content (AvgIpc) is 2.84. The quantitative estimate of drug-likeness (QED) is 0.629. The Morgan fingerprint density at radius 2 is 2.00 bits per heavy atom. The molecule has 0 bridgehead atoms. The molecule has 0 aliphatic carbocycles. The minimum atomic E-state index is 0.759. The maximum atomic E-state index is 4.26. The van der Waals surface area contributed by atoms with Crippen LogP contribution in [0.25, 0.3) is 22.4 Å². The second kappa shape index (κ2) is 2.88. The van der Waals surface area contributed by atoms with Crippen LogP contribution in [0.2, 0.25) is 0 Å². The number of pyridine rings is 1. The molecule has 3 heterocycles. The van der Waals surface area contributed by atoms with Crippen LogP contribution in [-0.2, 0) is 7.05 Å². The van der Waals surface area contributed by atoms with Gasteiger partial charge in [-0.3, -0.25) is 4.98 Å². The van der Waals surface area contributed by atoms with E-state index in [9.17, 15) is 0 Å². The van der Waals surface area contributed by atoms with Crippen molar-refractivity contribution in [2.24, 2.45) is 7.05 Å². The first-order valence-electron chi connectivity index (χ1n) is 4.48. The molecule has 0 fully saturated rings. The highest BCUT2D eigenvalue weighted by atomic mass is 15.3. The Kier molecular flexibility index (Phi) is 1.55. The highest BCUT2D eigenvalue weighted by molar-refractivity contribution is 5.76. The van der Waals surface area contributed by atoms with Crippen LogP contribution in [0.3, 0.4) is 0 Å². The van der Waals surface area contributed by atoms with E-state index < -0.39 is 0 Å². The fourth-order valence-corrected chi connectivity index (χ4v) is 1.43. The van der Waals surface area contributed by atoms with E-state index in [1.807, 2.05) is 23.9 Å². The first-order valence-corrected chi connectivity index (χ1v) is 4.48. The molecule has 6 nitrogen and oxygen atoms in total. The van der Waals surface area contributed by atoms with Gasteiger partial charge in [-0.15, -0.1) is 0 Å². The summed E-state index contributed by atoms with van der Waals surface area (Å²) in [7, 11) is 1.92. The van der Waals surface area contributed by atoms with E-state index in [-0.39, 0.29) is 0 Å². The summed E-state index contributed by atoms with van der Waals surface area (Å²) < 4.78 is 1.88. The maximum Gasteiger partial charge on any atom is 0.131 e. The van der Waals surface area contributed by atoms with Crippen molar-refractivity contribution in [3.8, 4) is 11.4 Å².